The maximum Gasteiger partial charge on any atom is 0.306 e. The molecule has 0 unspecified atom stereocenters. The summed E-state index contributed by atoms with van der Waals surface area (Å²) in [5, 5.41) is 2.91. The van der Waals surface area contributed by atoms with Gasteiger partial charge in [0, 0.05) is 41.0 Å². The maximum absolute atomic E-state index is 13.3. The molecule has 35 heavy (non-hydrogen) atoms. The molecule has 1 amide bonds. The molecule has 3 aromatic rings. The zero-order valence-electron chi connectivity index (χ0n) is 19.4. The minimum absolute atomic E-state index is 0.0613. The number of esters is 1. The smallest absolute Gasteiger partial charge is 0.306 e. The van der Waals surface area contributed by atoms with Gasteiger partial charge in [-0.2, -0.15) is 0 Å². The number of benzene rings is 2. The number of aromatic nitrogens is 1. The molecular formula is C28H25FN2O4. The Bertz CT molecular complexity index is 1370. The molecule has 2 aliphatic rings. The molecule has 0 bridgehead atoms. The van der Waals surface area contributed by atoms with E-state index in [1.807, 2.05) is 18.2 Å². The highest BCUT2D eigenvalue weighted by Gasteiger charge is 2.29. The number of ether oxygens (including phenoxy) is 1. The molecular weight excluding hydrogens is 447 g/mol. The average molecular weight is 473 g/mol. The Labute approximate surface area is 202 Å². The van der Waals surface area contributed by atoms with E-state index in [1.165, 1.54) is 12.1 Å². The van der Waals surface area contributed by atoms with Gasteiger partial charge in [-0.1, -0.05) is 24.3 Å². The van der Waals surface area contributed by atoms with Crippen molar-refractivity contribution >= 4 is 35.0 Å². The van der Waals surface area contributed by atoms with Gasteiger partial charge in [0.15, 0.2) is 5.78 Å². The average Bonchev–Trinajstić information content (AvgIpc) is 3.35. The third kappa shape index (κ3) is 4.41. The van der Waals surface area contributed by atoms with Crippen LogP contribution in [0, 0.1) is 5.82 Å². The van der Waals surface area contributed by atoms with Crippen LogP contribution in [0.25, 0.3) is 22.8 Å². The Balaban J connectivity index is 1.52. The molecule has 5 rings (SSSR count). The number of fused-ring (bicyclic) bond motifs is 2. The topological polar surface area (TPSA) is 88.3 Å². The van der Waals surface area contributed by atoms with Crippen molar-refractivity contribution in [1.29, 1.82) is 0 Å². The van der Waals surface area contributed by atoms with E-state index in [-0.39, 0.29) is 29.9 Å². The third-order valence-corrected chi connectivity index (χ3v) is 6.48. The second-order valence-corrected chi connectivity index (χ2v) is 8.73. The molecule has 2 N–H and O–H groups in total. The van der Waals surface area contributed by atoms with Crippen molar-refractivity contribution in [2.24, 2.45) is 0 Å². The fourth-order valence-corrected chi connectivity index (χ4v) is 4.84. The number of nitrogens with one attached hydrogen (secondary N) is 2. The first kappa shape index (κ1) is 22.8. The zero-order valence-corrected chi connectivity index (χ0v) is 19.4. The van der Waals surface area contributed by atoms with Gasteiger partial charge in [0.25, 0.3) is 5.91 Å². The Morgan fingerprint density at radius 3 is 2.63 bits per heavy atom. The van der Waals surface area contributed by atoms with Gasteiger partial charge in [0.2, 0.25) is 0 Å². The molecule has 0 radical (unpaired) electrons. The fraction of sp³-hybridized carbons (Fsp3) is 0.250. The predicted octanol–water partition coefficient (Wildman–Crippen LogP) is 5.33. The highest BCUT2D eigenvalue weighted by atomic mass is 19.1. The Morgan fingerprint density at radius 1 is 1.09 bits per heavy atom. The lowest BCUT2D eigenvalue weighted by Gasteiger charge is -2.11. The third-order valence-electron chi connectivity index (χ3n) is 6.48. The minimum atomic E-state index is -0.318. The number of carbonyl (C=O) groups excluding carboxylic acids is 3. The first-order valence-electron chi connectivity index (χ1n) is 11.8. The summed E-state index contributed by atoms with van der Waals surface area (Å²) in [7, 11) is 0. The molecule has 1 aliphatic carbocycles. The number of Topliss-reactive ketones (excluding diaryl/α,β-unsaturated/α-hetero) is 1. The van der Waals surface area contributed by atoms with E-state index in [4.69, 9.17) is 4.74 Å². The number of H-pyrrole nitrogens is 1. The first-order chi connectivity index (χ1) is 16.9. The Kier molecular flexibility index (Phi) is 6.07. The second kappa shape index (κ2) is 9.33. The number of carbonyl (C=O) groups is 3. The monoisotopic (exact) mass is 472 g/mol. The Morgan fingerprint density at radius 2 is 1.86 bits per heavy atom. The van der Waals surface area contributed by atoms with Crippen LogP contribution >= 0.6 is 0 Å². The van der Waals surface area contributed by atoms with Crippen LogP contribution in [0.3, 0.4) is 0 Å². The molecule has 0 fully saturated rings. The SMILES string of the molecule is CCOC(=O)CCc1c(/C=C2\C(=O)Nc3cc(-c4ccc(F)cc4)ccc32)[nH]c2c1C(=O)CCC2. The molecule has 1 aliphatic heterocycles. The van der Waals surface area contributed by atoms with Gasteiger partial charge in [-0.3, -0.25) is 14.4 Å². The van der Waals surface area contributed by atoms with Gasteiger partial charge in [-0.25, -0.2) is 4.39 Å². The van der Waals surface area contributed by atoms with E-state index in [9.17, 15) is 18.8 Å². The highest BCUT2D eigenvalue weighted by molar-refractivity contribution is 6.35. The normalized spacial score (nSPS) is 15.7. The number of aromatic amines is 1. The summed E-state index contributed by atoms with van der Waals surface area (Å²) in [6.45, 7) is 2.06. The van der Waals surface area contributed by atoms with Crippen LogP contribution in [0.4, 0.5) is 10.1 Å². The number of halogens is 1. The molecule has 1 aromatic heterocycles. The van der Waals surface area contributed by atoms with E-state index >= 15 is 0 Å². The van der Waals surface area contributed by atoms with Gasteiger partial charge < -0.3 is 15.0 Å². The number of hydrogen-bond acceptors (Lipinski definition) is 4. The zero-order chi connectivity index (χ0) is 24.5. The van der Waals surface area contributed by atoms with Crippen LogP contribution in [0.5, 0.6) is 0 Å². The summed E-state index contributed by atoms with van der Waals surface area (Å²) >= 11 is 0. The quantitative estimate of drug-likeness (QED) is 0.375. The number of amides is 1. The van der Waals surface area contributed by atoms with E-state index in [0.29, 0.717) is 42.0 Å². The molecule has 2 heterocycles. The van der Waals surface area contributed by atoms with Crippen LogP contribution in [-0.2, 0) is 27.2 Å². The lowest BCUT2D eigenvalue weighted by atomic mass is 9.91. The summed E-state index contributed by atoms with van der Waals surface area (Å²) < 4.78 is 18.4. The molecule has 178 valence electrons. The standard InChI is InChI=1S/C28H25FN2O4/c1-2-35-26(33)13-12-20-24(30-22-4-3-5-25(32)27(20)22)15-21-19-11-8-17(14-23(19)31-28(21)34)16-6-9-18(29)10-7-16/h6-11,14-15,30H,2-5,12-13H2,1H3,(H,31,34)/b21-15-. The lowest BCUT2D eigenvalue weighted by Crippen LogP contribution is -2.12. The lowest BCUT2D eigenvalue weighted by molar-refractivity contribution is -0.143. The van der Waals surface area contributed by atoms with Crippen LogP contribution in [-0.4, -0.2) is 29.3 Å². The highest BCUT2D eigenvalue weighted by Crippen LogP contribution is 2.38. The summed E-state index contributed by atoms with van der Waals surface area (Å²) in [6, 6.07) is 11.8. The molecule has 2 aromatic carbocycles. The summed E-state index contributed by atoms with van der Waals surface area (Å²) in [4.78, 5) is 41.0. The number of aryl methyl sites for hydroxylation is 1. The second-order valence-electron chi connectivity index (χ2n) is 8.73. The summed E-state index contributed by atoms with van der Waals surface area (Å²) in [6.07, 6.45) is 4.28. The first-order valence-corrected chi connectivity index (χ1v) is 11.8. The van der Waals surface area contributed by atoms with Crippen molar-refractivity contribution in [3.05, 3.63) is 76.4 Å². The van der Waals surface area contributed by atoms with E-state index in [1.54, 1.807) is 25.1 Å². The van der Waals surface area contributed by atoms with E-state index in [0.717, 1.165) is 40.8 Å². The van der Waals surface area contributed by atoms with Crippen molar-refractivity contribution in [3.8, 4) is 11.1 Å². The van der Waals surface area contributed by atoms with Crippen LogP contribution in [0.15, 0.2) is 42.5 Å². The van der Waals surface area contributed by atoms with Gasteiger partial charge in [0.1, 0.15) is 5.82 Å². The van der Waals surface area contributed by atoms with Crippen molar-refractivity contribution in [2.45, 2.75) is 39.0 Å². The van der Waals surface area contributed by atoms with Crippen LogP contribution in [0.1, 0.15) is 59.1 Å². The van der Waals surface area contributed by atoms with Gasteiger partial charge in [0.05, 0.1) is 12.2 Å². The number of ketones is 1. The number of anilines is 1. The number of hydrogen-bond donors (Lipinski definition) is 2. The summed E-state index contributed by atoms with van der Waals surface area (Å²) in [5.41, 5.74) is 6.55. The predicted molar refractivity (Wildman–Crippen MR) is 131 cm³/mol. The van der Waals surface area contributed by atoms with Crippen molar-refractivity contribution in [3.63, 3.8) is 0 Å². The van der Waals surface area contributed by atoms with Gasteiger partial charge in [-0.15, -0.1) is 0 Å². The van der Waals surface area contributed by atoms with Crippen molar-refractivity contribution in [1.82, 2.24) is 4.98 Å². The maximum atomic E-state index is 13.3. The van der Waals surface area contributed by atoms with Crippen molar-refractivity contribution in [2.75, 3.05) is 11.9 Å². The molecule has 0 spiro atoms. The van der Waals surface area contributed by atoms with E-state index < -0.39 is 0 Å². The molecule has 0 saturated carbocycles. The van der Waals surface area contributed by atoms with Crippen molar-refractivity contribution < 1.29 is 23.5 Å². The largest absolute Gasteiger partial charge is 0.466 e. The molecule has 0 atom stereocenters. The molecule has 0 saturated heterocycles. The van der Waals surface area contributed by atoms with Gasteiger partial charge >= 0.3 is 5.97 Å². The summed E-state index contributed by atoms with van der Waals surface area (Å²) in [5.74, 6) is -0.807. The van der Waals surface area contributed by atoms with Crippen LogP contribution < -0.4 is 5.32 Å². The minimum Gasteiger partial charge on any atom is -0.466 e. The fourth-order valence-electron chi connectivity index (χ4n) is 4.84. The van der Waals surface area contributed by atoms with E-state index in [2.05, 4.69) is 10.3 Å². The Hall–Kier alpha value is -4.00. The van der Waals surface area contributed by atoms with Crippen LogP contribution in [0.2, 0.25) is 0 Å². The van der Waals surface area contributed by atoms with Gasteiger partial charge in [-0.05, 0) is 67.2 Å². The number of rotatable bonds is 6. The molecule has 7 heteroatoms. The molecule has 6 nitrogen and oxygen atoms in total.